The van der Waals surface area contributed by atoms with Gasteiger partial charge in [-0.25, -0.2) is 0 Å². The van der Waals surface area contributed by atoms with Crippen molar-refractivity contribution in [2.24, 2.45) is 0 Å². The van der Waals surface area contributed by atoms with Crippen molar-refractivity contribution in [3.05, 3.63) is 70.8 Å². The summed E-state index contributed by atoms with van der Waals surface area (Å²) in [7, 11) is 0. The second kappa shape index (κ2) is 8.54. The Morgan fingerprint density at radius 1 is 1.17 bits per heavy atom. The zero-order valence-corrected chi connectivity index (χ0v) is 13.9. The molecule has 0 aromatic heterocycles. The topological polar surface area (TPSA) is 62.1 Å². The van der Waals surface area contributed by atoms with E-state index in [0.29, 0.717) is 13.2 Å². The van der Waals surface area contributed by atoms with Gasteiger partial charge in [-0.15, -0.1) is 0 Å². The minimum atomic E-state index is -0.398. The van der Waals surface area contributed by atoms with Crippen molar-refractivity contribution < 1.29 is 9.53 Å². The molecular formula is C20H20N2O2. The third-order valence-corrected chi connectivity index (χ3v) is 3.33. The van der Waals surface area contributed by atoms with E-state index in [1.54, 1.807) is 6.08 Å². The predicted molar refractivity (Wildman–Crippen MR) is 94.5 cm³/mol. The number of aryl methyl sites for hydroxylation is 2. The van der Waals surface area contributed by atoms with E-state index in [2.05, 4.69) is 11.4 Å². The molecule has 2 rings (SSSR count). The molecule has 1 N–H and O–H groups in total. The van der Waals surface area contributed by atoms with Gasteiger partial charge in [0.15, 0.2) is 0 Å². The monoisotopic (exact) mass is 320 g/mol. The zero-order chi connectivity index (χ0) is 17.4. The fourth-order valence-corrected chi connectivity index (χ4v) is 2.31. The van der Waals surface area contributed by atoms with Crippen molar-refractivity contribution in [3.63, 3.8) is 0 Å². The lowest BCUT2D eigenvalue weighted by molar-refractivity contribution is -0.117. The molecule has 24 heavy (non-hydrogen) atoms. The number of ether oxygens (including phenoxy) is 1. The van der Waals surface area contributed by atoms with E-state index >= 15 is 0 Å². The lowest BCUT2D eigenvalue weighted by Gasteiger charge is -2.09. The molecule has 2 aromatic carbocycles. The maximum absolute atomic E-state index is 12.0. The molecule has 122 valence electrons. The number of hydrogen-bond donors (Lipinski definition) is 1. The molecule has 0 spiro atoms. The van der Waals surface area contributed by atoms with Gasteiger partial charge in [-0.1, -0.05) is 36.4 Å². The van der Waals surface area contributed by atoms with Crippen molar-refractivity contribution >= 4 is 12.0 Å². The fraction of sp³-hybridized carbons (Fsp3) is 0.200. The standard InChI is InChI=1S/C20H20N2O2/c1-15-10-16(2)12-19(11-15)24-9-8-22-20(23)18(14-21)13-17-6-4-3-5-7-17/h3-7,10-13H,8-9H2,1-2H3,(H,22,23)/b18-13+. The number of rotatable bonds is 6. The van der Waals surface area contributed by atoms with Crippen LogP contribution >= 0.6 is 0 Å². The number of benzene rings is 2. The molecule has 0 heterocycles. The Hall–Kier alpha value is -3.06. The number of nitriles is 1. The van der Waals surface area contributed by atoms with E-state index in [1.165, 1.54) is 0 Å². The first-order chi connectivity index (χ1) is 11.6. The molecule has 4 nitrogen and oxygen atoms in total. The van der Waals surface area contributed by atoms with Crippen LogP contribution in [0.15, 0.2) is 54.1 Å². The molecule has 0 saturated carbocycles. The molecule has 0 unspecified atom stereocenters. The van der Waals surface area contributed by atoms with Crippen LogP contribution in [0.4, 0.5) is 0 Å². The second-order valence-corrected chi connectivity index (χ2v) is 5.51. The Morgan fingerprint density at radius 2 is 1.83 bits per heavy atom. The Morgan fingerprint density at radius 3 is 2.46 bits per heavy atom. The van der Waals surface area contributed by atoms with Gasteiger partial charge in [-0.05, 0) is 48.7 Å². The smallest absolute Gasteiger partial charge is 0.262 e. The van der Waals surface area contributed by atoms with E-state index in [9.17, 15) is 4.79 Å². The van der Waals surface area contributed by atoms with E-state index in [1.807, 2.05) is 62.4 Å². The van der Waals surface area contributed by atoms with Gasteiger partial charge in [0, 0.05) is 0 Å². The van der Waals surface area contributed by atoms with Gasteiger partial charge in [-0.3, -0.25) is 4.79 Å². The molecule has 0 aliphatic rings. The second-order valence-electron chi connectivity index (χ2n) is 5.51. The van der Waals surface area contributed by atoms with Crippen LogP contribution in [0.1, 0.15) is 16.7 Å². The predicted octanol–water partition coefficient (Wildman–Crippen LogP) is 3.41. The van der Waals surface area contributed by atoms with E-state index in [-0.39, 0.29) is 5.57 Å². The molecular weight excluding hydrogens is 300 g/mol. The number of carbonyl (C=O) groups is 1. The van der Waals surface area contributed by atoms with Crippen LogP contribution in [-0.4, -0.2) is 19.1 Å². The molecule has 0 radical (unpaired) electrons. The third-order valence-electron chi connectivity index (χ3n) is 3.33. The maximum Gasteiger partial charge on any atom is 0.262 e. The summed E-state index contributed by atoms with van der Waals surface area (Å²) in [6.45, 7) is 4.70. The molecule has 1 amide bonds. The van der Waals surface area contributed by atoms with Crippen molar-refractivity contribution in [2.45, 2.75) is 13.8 Å². The molecule has 0 atom stereocenters. The van der Waals surface area contributed by atoms with Gasteiger partial charge in [-0.2, -0.15) is 5.26 Å². The summed E-state index contributed by atoms with van der Waals surface area (Å²) in [6.07, 6.45) is 1.57. The van der Waals surface area contributed by atoms with Gasteiger partial charge in [0.05, 0.1) is 6.54 Å². The van der Waals surface area contributed by atoms with Gasteiger partial charge in [0.25, 0.3) is 5.91 Å². The third kappa shape index (κ3) is 5.29. The number of hydrogen-bond acceptors (Lipinski definition) is 3. The Kier molecular flexibility index (Phi) is 6.16. The maximum atomic E-state index is 12.0. The molecule has 0 fully saturated rings. The van der Waals surface area contributed by atoms with Crippen molar-refractivity contribution in [3.8, 4) is 11.8 Å². The summed E-state index contributed by atoms with van der Waals surface area (Å²) >= 11 is 0. The van der Waals surface area contributed by atoms with Crippen LogP contribution in [0.3, 0.4) is 0 Å². The largest absolute Gasteiger partial charge is 0.492 e. The van der Waals surface area contributed by atoms with E-state index < -0.39 is 5.91 Å². The van der Waals surface area contributed by atoms with Crippen LogP contribution < -0.4 is 10.1 Å². The molecule has 0 aliphatic heterocycles. The van der Waals surface area contributed by atoms with Crippen molar-refractivity contribution in [1.29, 1.82) is 5.26 Å². The van der Waals surface area contributed by atoms with Crippen molar-refractivity contribution in [2.75, 3.05) is 13.2 Å². The summed E-state index contributed by atoms with van der Waals surface area (Å²) in [5, 5.41) is 11.8. The van der Waals surface area contributed by atoms with E-state index in [0.717, 1.165) is 22.4 Å². The number of amides is 1. The van der Waals surface area contributed by atoms with E-state index in [4.69, 9.17) is 10.00 Å². The molecule has 4 heteroatoms. The fourth-order valence-electron chi connectivity index (χ4n) is 2.31. The average molecular weight is 320 g/mol. The first kappa shape index (κ1) is 17.3. The average Bonchev–Trinajstić information content (AvgIpc) is 2.56. The van der Waals surface area contributed by atoms with Crippen LogP contribution in [0.2, 0.25) is 0 Å². The summed E-state index contributed by atoms with van der Waals surface area (Å²) < 4.78 is 5.63. The molecule has 0 aliphatic carbocycles. The normalized spacial score (nSPS) is 10.8. The molecule has 2 aromatic rings. The van der Waals surface area contributed by atoms with Crippen LogP contribution in [-0.2, 0) is 4.79 Å². The lowest BCUT2D eigenvalue weighted by atomic mass is 10.1. The first-order valence-electron chi connectivity index (χ1n) is 7.74. The van der Waals surface area contributed by atoms with Crippen LogP contribution in [0.25, 0.3) is 6.08 Å². The Labute approximate surface area is 142 Å². The summed E-state index contributed by atoms with van der Waals surface area (Å²) in [5.74, 6) is 0.382. The summed E-state index contributed by atoms with van der Waals surface area (Å²) in [4.78, 5) is 12.0. The van der Waals surface area contributed by atoms with Gasteiger partial charge in [0.1, 0.15) is 24.0 Å². The van der Waals surface area contributed by atoms with Crippen LogP contribution in [0.5, 0.6) is 5.75 Å². The minimum Gasteiger partial charge on any atom is -0.492 e. The lowest BCUT2D eigenvalue weighted by Crippen LogP contribution is -2.29. The zero-order valence-electron chi connectivity index (χ0n) is 13.9. The Balaban J connectivity index is 1.86. The Bertz CT molecular complexity index is 754. The highest BCUT2D eigenvalue weighted by atomic mass is 16.5. The number of nitrogens with one attached hydrogen (secondary N) is 1. The summed E-state index contributed by atoms with van der Waals surface area (Å²) in [5.41, 5.74) is 3.15. The highest BCUT2D eigenvalue weighted by Gasteiger charge is 2.08. The van der Waals surface area contributed by atoms with Crippen molar-refractivity contribution in [1.82, 2.24) is 5.32 Å². The van der Waals surface area contributed by atoms with Crippen LogP contribution in [0, 0.1) is 25.2 Å². The van der Waals surface area contributed by atoms with Gasteiger partial charge >= 0.3 is 0 Å². The molecule has 0 bridgehead atoms. The molecule has 0 saturated heterocycles. The van der Waals surface area contributed by atoms with Gasteiger partial charge < -0.3 is 10.1 Å². The summed E-state index contributed by atoms with van der Waals surface area (Å²) in [6, 6.07) is 17.2. The minimum absolute atomic E-state index is 0.0765. The number of carbonyl (C=O) groups excluding carboxylic acids is 1. The highest BCUT2D eigenvalue weighted by Crippen LogP contribution is 2.15. The number of nitrogens with zero attached hydrogens (tertiary/aromatic N) is 1. The highest BCUT2D eigenvalue weighted by molar-refractivity contribution is 6.01. The van der Waals surface area contributed by atoms with Gasteiger partial charge in [0.2, 0.25) is 0 Å². The first-order valence-corrected chi connectivity index (χ1v) is 7.74. The SMILES string of the molecule is Cc1cc(C)cc(OCCNC(=O)/C(C#N)=C/c2ccccc2)c1. The quantitative estimate of drug-likeness (QED) is 0.504.